The highest BCUT2D eigenvalue weighted by Gasteiger charge is 2.03. The first-order chi connectivity index (χ1) is 8.40. The molecule has 0 aliphatic carbocycles. The minimum absolute atomic E-state index is 1.13. The monoisotopic (exact) mass is 245 g/mol. The fourth-order valence-corrected chi connectivity index (χ4v) is 2.68. The normalized spacial score (nSPS) is 10.6. The van der Waals surface area contributed by atoms with Crippen molar-refractivity contribution < 1.29 is 0 Å². The van der Waals surface area contributed by atoms with Crippen LogP contribution in [-0.2, 0) is 6.42 Å². The topological polar surface area (TPSA) is 12.9 Å². The van der Waals surface area contributed by atoms with Crippen molar-refractivity contribution in [3.05, 3.63) is 41.3 Å². The first kappa shape index (κ1) is 12.3. The highest BCUT2D eigenvalue weighted by Crippen LogP contribution is 2.22. The summed E-state index contributed by atoms with van der Waals surface area (Å²) in [6.07, 6.45) is 6.48. The van der Waals surface area contributed by atoms with Gasteiger partial charge in [0.05, 0.1) is 5.69 Å². The lowest BCUT2D eigenvalue weighted by molar-refractivity contribution is 0.670. The molecule has 2 heteroatoms. The lowest BCUT2D eigenvalue weighted by Crippen LogP contribution is -1.81. The molecule has 0 spiro atoms. The van der Waals surface area contributed by atoms with Crippen LogP contribution in [0.25, 0.3) is 11.3 Å². The van der Waals surface area contributed by atoms with Gasteiger partial charge in [0, 0.05) is 10.4 Å². The molecule has 1 aromatic heterocycles. The van der Waals surface area contributed by atoms with Gasteiger partial charge >= 0.3 is 0 Å². The summed E-state index contributed by atoms with van der Waals surface area (Å²) in [7, 11) is 0. The minimum atomic E-state index is 1.13. The third kappa shape index (κ3) is 3.67. The first-order valence-electron chi connectivity index (χ1n) is 6.41. The first-order valence-corrected chi connectivity index (χ1v) is 7.18. The minimum Gasteiger partial charge on any atom is -0.192 e. The third-order valence-electron chi connectivity index (χ3n) is 2.91. The molecule has 1 aromatic carbocycles. The van der Waals surface area contributed by atoms with Crippen LogP contribution in [0.4, 0.5) is 0 Å². The van der Waals surface area contributed by atoms with E-state index in [-0.39, 0.29) is 0 Å². The maximum absolute atomic E-state index is 4.53. The van der Waals surface area contributed by atoms with E-state index in [0.717, 1.165) is 5.69 Å². The predicted octanol–water partition coefficient (Wildman–Crippen LogP) is 4.93. The molecule has 0 N–H and O–H groups in total. The van der Waals surface area contributed by atoms with E-state index in [4.69, 9.17) is 0 Å². The van der Waals surface area contributed by atoms with Gasteiger partial charge in [0.1, 0.15) is 0 Å². The van der Waals surface area contributed by atoms with E-state index in [1.54, 1.807) is 11.5 Å². The van der Waals surface area contributed by atoms with Crippen LogP contribution in [0.1, 0.15) is 37.5 Å². The molecule has 0 atom stereocenters. The van der Waals surface area contributed by atoms with Crippen LogP contribution in [0.2, 0.25) is 0 Å². The molecule has 0 saturated carbocycles. The van der Waals surface area contributed by atoms with Crippen molar-refractivity contribution in [2.24, 2.45) is 0 Å². The number of rotatable bonds is 6. The molecule has 2 aromatic rings. The summed E-state index contributed by atoms with van der Waals surface area (Å²) in [6.45, 7) is 2.25. The molecule has 1 heterocycles. The predicted molar refractivity (Wildman–Crippen MR) is 75.4 cm³/mol. The zero-order valence-electron chi connectivity index (χ0n) is 10.4. The van der Waals surface area contributed by atoms with E-state index >= 15 is 0 Å². The molecule has 0 radical (unpaired) electrons. The molecule has 2 rings (SSSR count). The fourth-order valence-electron chi connectivity index (χ4n) is 1.90. The van der Waals surface area contributed by atoms with Crippen molar-refractivity contribution in [2.45, 2.75) is 39.0 Å². The number of nitrogens with zero attached hydrogens (tertiary/aromatic N) is 1. The van der Waals surface area contributed by atoms with Crippen molar-refractivity contribution in [1.29, 1.82) is 0 Å². The Balaban J connectivity index is 1.92. The van der Waals surface area contributed by atoms with E-state index in [1.807, 2.05) is 6.07 Å². The standard InChI is InChI=1S/C15H19NS/c1-2-3-4-8-11-14-12-15(16-17-14)13-9-6-5-7-10-13/h5-7,9-10,12H,2-4,8,11H2,1H3. The Labute approximate surface area is 108 Å². The van der Waals surface area contributed by atoms with Gasteiger partial charge in [0.2, 0.25) is 0 Å². The smallest absolute Gasteiger partial charge is 0.0843 e. The summed E-state index contributed by atoms with van der Waals surface area (Å²) in [5.41, 5.74) is 2.35. The van der Waals surface area contributed by atoms with Crippen LogP contribution in [0.5, 0.6) is 0 Å². The largest absolute Gasteiger partial charge is 0.192 e. The second-order valence-electron chi connectivity index (χ2n) is 4.36. The third-order valence-corrected chi connectivity index (χ3v) is 3.75. The van der Waals surface area contributed by atoms with E-state index < -0.39 is 0 Å². The van der Waals surface area contributed by atoms with Gasteiger partial charge in [-0.05, 0) is 30.4 Å². The Kier molecular flexibility index (Phi) is 4.75. The van der Waals surface area contributed by atoms with Crippen LogP contribution in [0.3, 0.4) is 0 Å². The number of unbranched alkanes of at least 4 members (excludes halogenated alkanes) is 3. The van der Waals surface area contributed by atoms with Gasteiger partial charge in [-0.15, -0.1) is 0 Å². The van der Waals surface area contributed by atoms with E-state index in [1.165, 1.54) is 42.5 Å². The molecule has 1 nitrogen and oxygen atoms in total. The van der Waals surface area contributed by atoms with Crippen molar-refractivity contribution in [1.82, 2.24) is 4.37 Å². The number of aromatic nitrogens is 1. The van der Waals surface area contributed by atoms with Gasteiger partial charge in [-0.1, -0.05) is 56.5 Å². The molecule has 90 valence electrons. The second kappa shape index (κ2) is 6.55. The number of aryl methyl sites for hydroxylation is 1. The number of hydrogen-bond acceptors (Lipinski definition) is 2. The average Bonchev–Trinajstić information content (AvgIpc) is 2.85. The van der Waals surface area contributed by atoms with E-state index in [9.17, 15) is 0 Å². The Morgan fingerprint density at radius 2 is 1.88 bits per heavy atom. The average molecular weight is 245 g/mol. The Morgan fingerprint density at radius 1 is 1.06 bits per heavy atom. The zero-order valence-corrected chi connectivity index (χ0v) is 11.2. The Bertz CT molecular complexity index is 433. The summed E-state index contributed by atoms with van der Waals surface area (Å²) in [5, 5.41) is 0. The van der Waals surface area contributed by atoms with Gasteiger partial charge in [-0.2, -0.15) is 4.37 Å². The lowest BCUT2D eigenvalue weighted by Gasteiger charge is -1.96. The van der Waals surface area contributed by atoms with E-state index in [0.29, 0.717) is 0 Å². The van der Waals surface area contributed by atoms with Crippen molar-refractivity contribution >= 4 is 11.5 Å². The molecule has 0 amide bonds. The molecule has 17 heavy (non-hydrogen) atoms. The number of hydrogen-bond donors (Lipinski definition) is 0. The SMILES string of the molecule is CCCCCCc1cc(-c2ccccc2)ns1. The van der Waals surface area contributed by atoms with Crippen molar-refractivity contribution in [2.75, 3.05) is 0 Å². The van der Waals surface area contributed by atoms with Gasteiger partial charge in [0.25, 0.3) is 0 Å². The number of benzene rings is 1. The highest BCUT2D eigenvalue weighted by molar-refractivity contribution is 7.06. The maximum Gasteiger partial charge on any atom is 0.0843 e. The molecule has 0 unspecified atom stereocenters. The van der Waals surface area contributed by atoms with Crippen molar-refractivity contribution in [3.63, 3.8) is 0 Å². The van der Waals surface area contributed by atoms with Crippen LogP contribution < -0.4 is 0 Å². The summed E-state index contributed by atoms with van der Waals surface area (Å²) >= 11 is 1.65. The summed E-state index contributed by atoms with van der Waals surface area (Å²) in [5.74, 6) is 0. The summed E-state index contributed by atoms with van der Waals surface area (Å²) < 4.78 is 4.53. The van der Waals surface area contributed by atoms with Crippen LogP contribution >= 0.6 is 11.5 Å². The molecular formula is C15H19NS. The van der Waals surface area contributed by atoms with Crippen molar-refractivity contribution in [3.8, 4) is 11.3 Å². The lowest BCUT2D eigenvalue weighted by atomic mass is 10.1. The van der Waals surface area contributed by atoms with Gasteiger partial charge in [0.15, 0.2) is 0 Å². The summed E-state index contributed by atoms with van der Waals surface area (Å²) in [6, 6.07) is 12.7. The summed E-state index contributed by atoms with van der Waals surface area (Å²) in [4.78, 5) is 1.42. The molecule has 0 saturated heterocycles. The fraction of sp³-hybridized carbons (Fsp3) is 0.400. The molecule has 0 bridgehead atoms. The Morgan fingerprint density at radius 3 is 2.65 bits per heavy atom. The quantitative estimate of drug-likeness (QED) is 0.657. The van der Waals surface area contributed by atoms with Crippen LogP contribution in [-0.4, -0.2) is 4.37 Å². The van der Waals surface area contributed by atoms with Crippen LogP contribution in [0.15, 0.2) is 36.4 Å². The maximum atomic E-state index is 4.53. The van der Waals surface area contributed by atoms with Gasteiger partial charge in [-0.3, -0.25) is 0 Å². The molecule has 0 fully saturated rings. The molecule has 0 aliphatic heterocycles. The van der Waals surface area contributed by atoms with E-state index in [2.05, 4.69) is 41.6 Å². The van der Waals surface area contributed by atoms with Gasteiger partial charge in [-0.25, -0.2) is 0 Å². The zero-order chi connectivity index (χ0) is 11.9. The highest BCUT2D eigenvalue weighted by atomic mass is 32.1. The Hall–Kier alpha value is -1.15. The van der Waals surface area contributed by atoms with Gasteiger partial charge < -0.3 is 0 Å². The second-order valence-corrected chi connectivity index (χ2v) is 5.24. The molecule has 0 aliphatic rings. The molecular weight excluding hydrogens is 226 g/mol. The van der Waals surface area contributed by atoms with Crippen LogP contribution in [0, 0.1) is 0 Å².